The molecule has 0 fully saturated rings. The highest BCUT2D eigenvalue weighted by Crippen LogP contribution is 1.85. The van der Waals surface area contributed by atoms with E-state index in [9.17, 15) is 14.9 Å². The van der Waals surface area contributed by atoms with Crippen molar-refractivity contribution in [3.05, 3.63) is 10.1 Å². The van der Waals surface area contributed by atoms with Crippen molar-refractivity contribution >= 4 is 6.16 Å². The van der Waals surface area contributed by atoms with E-state index in [4.69, 9.17) is 0 Å². The zero-order chi connectivity index (χ0) is 7.98. The summed E-state index contributed by atoms with van der Waals surface area (Å²) in [6.07, 6.45) is -1.24. The van der Waals surface area contributed by atoms with Crippen molar-refractivity contribution in [1.29, 1.82) is 0 Å². The summed E-state index contributed by atoms with van der Waals surface area (Å²) in [4.78, 5) is 26.1. The van der Waals surface area contributed by atoms with Gasteiger partial charge in [0.15, 0.2) is 0 Å². The van der Waals surface area contributed by atoms with Gasteiger partial charge in [-0.3, -0.25) is 0 Å². The largest absolute Gasteiger partial charge is 0.540 e. The van der Waals surface area contributed by atoms with Gasteiger partial charge < -0.3 is 4.74 Å². The Morgan fingerprint density at radius 2 is 2.30 bits per heavy atom. The van der Waals surface area contributed by atoms with E-state index in [1.165, 1.54) is 6.92 Å². The zero-order valence-electron chi connectivity index (χ0n) is 5.10. The van der Waals surface area contributed by atoms with Gasteiger partial charge in [0.2, 0.25) is 0 Å². The maximum absolute atomic E-state index is 10.1. The van der Waals surface area contributed by atoms with Crippen molar-refractivity contribution in [1.82, 2.24) is 0 Å². The zero-order valence-corrected chi connectivity index (χ0v) is 5.10. The Morgan fingerprint density at radius 1 is 1.70 bits per heavy atom. The summed E-state index contributed by atoms with van der Waals surface area (Å²) in [6.45, 7) is 1.59. The Labute approximate surface area is 55.5 Å². The molecule has 0 spiro atoms. The molecule has 0 radical (unpaired) electrons. The molecule has 0 aromatic rings. The van der Waals surface area contributed by atoms with Gasteiger partial charge in [0.25, 0.3) is 0 Å². The number of rotatable bonds is 3. The molecule has 7 heteroatoms. The van der Waals surface area contributed by atoms with Gasteiger partial charge in [-0.05, 0) is 6.92 Å². The molecule has 0 aliphatic heterocycles. The van der Waals surface area contributed by atoms with Crippen LogP contribution < -0.4 is 0 Å². The highest BCUT2D eigenvalue weighted by Gasteiger charge is 2.05. The van der Waals surface area contributed by atoms with Crippen LogP contribution in [0.3, 0.4) is 0 Å². The fraction of sp³-hybridized carbons (Fsp3) is 0.667. The van der Waals surface area contributed by atoms with E-state index in [2.05, 4.69) is 14.6 Å². The van der Waals surface area contributed by atoms with E-state index in [1.807, 2.05) is 0 Å². The Kier molecular flexibility index (Phi) is 3.69. The average molecular weight is 151 g/mol. The minimum Gasteiger partial charge on any atom is -0.433 e. The summed E-state index contributed by atoms with van der Waals surface area (Å²) in [6, 6.07) is 0. The van der Waals surface area contributed by atoms with Crippen LogP contribution in [0.2, 0.25) is 0 Å². The van der Waals surface area contributed by atoms with E-state index in [-0.39, 0.29) is 6.61 Å². The number of carbonyl (C=O) groups is 1. The lowest BCUT2D eigenvalue weighted by atomic mass is 10.9. The van der Waals surface area contributed by atoms with Crippen molar-refractivity contribution in [2.75, 3.05) is 6.61 Å². The Morgan fingerprint density at radius 3 is 2.70 bits per heavy atom. The summed E-state index contributed by atoms with van der Waals surface area (Å²) in [5.74, 6) is 0. The Bertz CT molecular complexity index is 133. The van der Waals surface area contributed by atoms with Crippen molar-refractivity contribution in [2.24, 2.45) is 0 Å². The lowest BCUT2D eigenvalue weighted by Gasteiger charge is -1.96. The Hall–Kier alpha value is -1.53. The molecule has 0 aromatic carbocycles. The highest BCUT2D eigenvalue weighted by molar-refractivity contribution is 5.58. The van der Waals surface area contributed by atoms with Gasteiger partial charge in [0, 0.05) is 0 Å². The Balaban J connectivity index is 3.30. The number of carbonyl (C=O) groups excluding carboxylic acids is 1. The normalized spacial score (nSPS) is 8.10. The minimum absolute atomic E-state index is 0.0694. The van der Waals surface area contributed by atoms with E-state index >= 15 is 0 Å². The van der Waals surface area contributed by atoms with Gasteiger partial charge in [-0.15, -0.1) is 10.1 Å². The van der Waals surface area contributed by atoms with Crippen LogP contribution in [0.4, 0.5) is 4.79 Å². The van der Waals surface area contributed by atoms with Crippen molar-refractivity contribution in [2.45, 2.75) is 6.92 Å². The molecule has 0 bridgehead atoms. The maximum Gasteiger partial charge on any atom is 0.540 e. The van der Waals surface area contributed by atoms with E-state index in [0.717, 1.165) is 0 Å². The maximum atomic E-state index is 10.1. The first-order valence-corrected chi connectivity index (χ1v) is 2.32. The molecule has 0 atom stereocenters. The molecule has 0 amide bonds. The molecule has 0 saturated heterocycles. The molecule has 0 heterocycles. The molecule has 0 aliphatic rings. The average Bonchev–Trinajstić information content (AvgIpc) is 1.85. The molecular weight excluding hydrogens is 146 g/mol. The summed E-state index contributed by atoms with van der Waals surface area (Å²) in [5.41, 5.74) is 0. The molecular formula is C3H5NO6. The molecule has 7 nitrogen and oxygen atoms in total. The molecule has 0 saturated carbocycles. The number of hydrogen-bond donors (Lipinski definition) is 0. The van der Waals surface area contributed by atoms with Crippen LogP contribution in [-0.2, 0) is 14.6 Å². The predicted molar refractivity (Wildman–Crippen MR) is 26.2 cm³/mol. The van der Waals surface area contributed by atoms with Crippen LogP contribution >= 0.6 is 0 Å². The predicted octanol–water partition coefficient (Wildman–Crippen LogP) is 0.283. The smallest absolute Gasteiger partial charge is 0.433 e. The van der Waals surface area contributed by atoms with Crippen LogP contribution in [0, 0.1) is 10.1 Å². The third-order valence-electron chi connectivity index (χ3n) is 0.428. The van der Waals surface area contributed by atoms with Crippen LogP contribution in [-0.4, -0.2) is 17.8 Å². The van der Waals surface area contributed by atoms with Gasteiger partial charge >= 0.3 is 11.2 Å². The van der Waals surface area contributed by atoms with E-state index < -0.39 is 11.2 Å². The lowest BCUT2D eigenvalue weighted by molar-refractivity contribution is -0.840. The molecule has 10 heavy (non-hydrogen) atoms. The topological polar surface area (TPSA) is 87.9 Å². The second-order valence-corrected chi connectivity index (χ2v) is 1.06. The SMILES string of the molecule is CCOC(=O)OO[N+](=O)[O-]. The van der Waals surface area contributed by atoms with Crippen molar-refractivity contribution < 1.29 is 24.5 Å². The second-order valence-electron chi connectivity index (χ2n) is 1.06. The van der Waals surface area contributed by atoms with E-state index in [0.29, 0.717) is 0 Å². The third kappa shape index (κ3) is 4.62. The standard InChI is InChI=1S/C3H5NO6/c1-2-8-3(5)9-10-4(6)7/h2H2,1H3. The van der Waals surface area contributed by atoms with Gasteiger partial charge in [-0.2, -0.15) is 0 Å². The minimum atomic E-state index is -1.27. The van der Waals surface area contributed by atoms with Gasteiger partial charge in [-0.25, -0.2) is 9.68 Å². The summed E-state index contributed by atoms with van der Waals surface area (Å²) in [7, 11) is 0. The monoisotopic (exact) mass is 151 g/mol. The first-order valence-electron chi connectivity index (χ1n) is 2.32. The number of nitrogens with zero attached hydrogens (tertiary/aromatic N) is 1. The van der Waals surface area contributed by atoms with Gasteiger partial charge in [0.05, 0.1) is 6.61 Å². The molecule has 58 valence electrons. The van der Waals surface area contributed by atoms with Crippen LogP contribution in [0.25, 0.3) is 0 Å². The molecule has 0 aromatic heterocycles. The quantitative estimate of drug-likeness (QED) is 0.249. The second kappa shape index (κ2) is 4.36. The summed E-state index contributed by atoms with van der Waals surface area (Å²) >= 11 is 0. The lowest BCUT2D eigenvalue weighted by Crippen LogP contribution is -2.10. The first kappa shape index (κ1) is 8.47. The first-order chi connectivity index (χ1) is 4.66. The van der Waals surface area contributed by atoms with Gasteiger partial charge in [0.1, 0.15) is 0 Å². The molecule has 0 rings (SSSR count). The summed E-state index contributed by atoms with van der Waals surface area (Å²) < 4.78 is 4.10. The molecule has 0 unspecified atom stereocenters. The highest BCUT2D eigenvalue weighted by atomic mass is 17.4. The van der Waals surface area contributed by atoms with Crippen molar-refractivity contribution in [3.63, 3.8) is 0 Å². The van der Waals surface area contributed by atoms with Crippen LogP contribution in [0.1, 0.15) is 6.92 Å². The number of ether oxygens (including phenoxy) is 1. The molecule has 0 N–H and O–H groups in total. The van der Waals surface area contributed by atoms with Crippen LogP contribution in [0.5, 0.6) is 0 Å². The number of hydrogen-bond acceptors (Lipinski definition) is 6. The fourth-order valence-corrected chi connectivity index (χ4v) is 0.203. The third-order valence-corrected chi connectivity index (χ3v) is 0.428. The van der Waals surface area contributed by atoms with Crippen molar-refractivity contribution in [3.8, 4) is 0 Å². The fourth-order valence-electron chi connectivity index (χ4n) is 0.203. The summed E-state index contributed by atoms with van der Waals surface area (Å²) in [5, 5.41) is 8.09. The van der Waals surface area contributed by atoms with E-state index in [1.54, 1.807) is 0 Å². The van der Waals surface area contributed by atoms with Crippen LogP contribution in [0.15, 0.2) is 0 Å². The van der Waals surface area contributed by atoms with Gasteiger partial charge in [-0.1, -0.05) is 4.99 Å². The molecule has 0 aliphatic carbocycles.